The largest absolute Gasteiger partial charge is 0.478 e. The van der Waals surface area contributed by atoms with Gasteiger partial charge in [-0.2, -0.15) is 0 Å². The summed E-state index contributed by atoms with van der Waals surface area (Å²) in [6.07, 6.45) is 0.750. The Bertz CT molecular complexity index is 132. The van der Waals surface area contributed by atoms with E-state index in [0.717, 1.165) is 6.08 Å². The van der Waals surface area contributed by atoms with Crippen LogP contribution in [0.15, 0.2) is 12.2 Å². The first kappa shape index (κ1) is 10.5. The fraction of sp³-hybridized carbons (Fsp3) is 0.200. The van der Waals surface area contributed by atoms with Crippen LogP contribution in [0.25, 0.3) is 0 Å². The summed E-state index contributed by atoms with van der Waals surface area (Å²) in [6, 6.07) is 0. The van der Waals surface area contributed by atoms with Gasteiger partial charge in [-0.25, -0.2) is 15.0 Å². The van der Waals surface area contributed by atoms with Gasteiger partial charge in [-0.05, 0) is 6.92 Å². The molecule has 0 unspecified atom stereocenters. The van der Waals surface area contributed by atoms with Crippen molar-refractivity contribution in [3.8, 4) is 0 Å². The van der Waals surface area contributed by atoms with Crippen LogP contribution in [-0.2, 0) is 9.59 Å². The average Bonchev–Trinajstić information content (AvgIpc) is 1.68. The molecule has 0 aromatic carbocycles. The minimum atomic E-state index is -0.935. The summed E-state index contributed by atoms with van der Waals surface area (Å²) >= 11 is 0. The smallest absolute Gasteiger partial charge is 0.330 e. The highest BCUT2D eigenvalue weighted by molar-refractivity contribution is 5.84. The van der Waals surface area contributed by atoms with E-state index in [2.05, 4.69) is 6.58 Å². The third-order valence-corrected chi connectivity index (χ3v) is 0.365. The maximum Gasteiger partial charge on any atom is 0.330 e. The van der Waals surface area contributed by atoms with Crippen molar-refractivity contribution in [2.24, 2.45) is 0 Å². The Morgan fingerprint density at radius 3 is 1.89 bits per heavy atom. The van der Waals surface area contributed by atoms with Crippen LogP contribution < -0.4 is 0 Å². The summed E-state index contributed by atoms with van der Waals surface area (Å²) in [6.45, 7) is 4.60. The van der Waals surface area contributed by atoms with E-state index in [4.69, 9.17) is 15.3 Å². The highest BCUT2D eigenvalue weighted by atomic mass is 16.4. The molecule has 2 N–H and O–H groups in total. The number of carbonyl (C=O) groups is 1. The van der Waals surface area contributed by atoms with Gasteiger partial charge in [0.15, 0.2) is 0 Å². The predicted molar refractivity (Wildman–Crippen MR) is 30.9 cm³/mol. The van der Waals surface area contributed by atoms with Gasteiger partial charge in [-0.3, -0.25) is 0 Å². The van der Waals surface area contributed by atoms with Gasteiger partial charge in [0, 0.05) is 5.57 Å². The molecule has 4 heteroatoms. The minimum Gasteiger partial charge on any atom is -0.478 e. The van der Waals surface area contributed by atoms with Crippen LogP contribution in [0, 0.1) is 5.41 Å². The Morgan fingerprint density at radius 1 is 1.78 bits per heavy atom. The summed E-state index contributed by atoms with van der Waals surface area (Å²) in [5.74, 6) is -0.935. The summed E-state index contributed by atoms with van der Waals surface area (Å²) in [5, 5.41) is 13.3. The molecule has 0 aliphatic heterocycles. The highest BCUT2D eigenvalue weighted by Crippen LogP contribution is 1.81. The quantitative estimate of drug-likeness (QED) is 0.308. The molecule has 0 saturated carbocycles. The van der Waals surface area contributed by atoms with Crippen LogP contribution in [0.1, 0.15) is 6.92 Å². The second-order valence-electron chi connectivity index (χ2n) is 1.19. The number of hydrogen-bond acceptors (Lipinski definition) is 3. The van der Waals surface area contributed by atoms with E-state index in [1.807, 2.05) is 0 Å². The third kappa shape index (κ3) is 20.7. The van der Waals surface area contributed by atoms with E-state index < -0.39 is 5.97 Å². The molecule has 0 atom stereocenters. The second kappa shape index (κ2) is 6.59. The van der Waals surface area contributed by atoms with Crippen molar-refractivity contribution in [1.82, 2.24) is 0 Å². The predicted octanol–water partition coefficient (Wildman–Crippen LogP) is 0.548. The van der Waals surface area contributed by atoms with Crippen molar-refractivity contribution in [3.05, 3.63) is 12.2 Å². The normalized spacial score (nSPS) is 5.89. The lowest BCUT2D eigenvalue weighted by molar-refractivity contribution is -0.132. The summed E-state index contributed by atoms with van der Waals surface area (Å²) < 4.78 is 0. The van der Waals surface area contributed by atoms with Crippen molar-refractivity contribution < 1.29 is 14.7 Å². The first-order valence-corrected chi connectivity index (χ1v) is 1.99. The first-order valence-electron chi connectivity index (χ1n) is 1.99. The lowest BCUT2D eigenvalue weighted by Gasteiger charge is -1.79. The van der Waals surface area contributed by atoms with Crippen LogP contribution in [0.4, 0.5) is 0 Å². The van der Waals surface area contributed by atoms with E-state index in [-0.39, 0.29) is 5.57 Å². The summed E-state index contributed by atoms with van der Waals surface area (Å²) in [5.41, 5.74) is 0.176. The number of carboxylic acid groups (broad SMARTS) is 1. The van der Waals surface area contributed by atoms with Crippen molar-refractivity contribution in [3.63, 3.8) is 0 Å². The van der Waals surface area contributed by atoms with Crippen LogP contribution in [0.5, 0.6) is 0 Å². The molecule has 0 aromatic rings. The maximum absolute atomic E-state index is 9.60. The fourth-order valence-corrected chi connectivity index (χ4v) is 0. The maximum atomic E-state index is 9.60. The van der Waals surface area contributed by atoms with Crippen molar-refractivity contribution in [1.29, 1.82) is 5.41 Å². The van der Waals surface area contributed by atoms with Gasteiger partial charge in [0.1, 0.15) is 0 Å². The molecular formula is C5H7NO3. The van der Waals surface area contributed by atoms with Gasteiger partial charge in [0.2, 0.25) is 6.08 Å². The third-order valence-electron chi connectivity index (χ3n) is 0.365. The molecular weight excluding hydrogens is 122 g/mol. The van der Waals surface area contributed by atoms with Crippen molar-refractivity contribution >= 4 is 12.0 Å². The summed E-state index contributed by atoms with van der Waals surface area (Å²) in [4.78, 5) is 17.9. The number of rotatable bonds is 1. The zero-order chi connectivity index (χ0) is 7.86. The average molecular weight is 129 g/mol. The topological polar surface area (TPSA) is 78.2 Å². The number of aliphatic carboxylic acids is 1. The molecule has 0 rings (SSSR count). The molecule has 0 radical (unpaired) electrons. The number of hydrogen-bond donors (Lipinski definition) is 2. The van der Waals surface area contributed by atoms with Gasteiger partial charge in [-0.15, -0.1) is 0 Å². The molecule has 0 bridgehead atoms. The fourth-order valence-electron chi connectivity index (χ4n) is 0. The van der Waals surface area contributed by atoms with E-state index in [0.29, 0.717) is 0 Å². The molecule has 0 aromatic heterocycles. The van der Waals surface area contributed by atoms with Gasteiger partial charge in [0.05, 0.1) is 0 Å². The number of nitrogens with one attached hydrogen (secondary N) is 1. The Balaban J connectivity index is 0. The lowest BCUT2D eigenvalue weighted by atomic mass is 10.4. The molecule has 4 nitrogen and oxygen atoms in total. The van der Waals surface area contributed by atoms with Crippen molar-refractivity contribution in [2.75, 3.05) is 0 Å². The Morgan fingerprint density at radius 2 is 1.89 bits per heavy atom. The number of isocyanates is 1. The molecule has 0 aliphatic carbocycles. The van der Waals surface area contributed by atoms with Crippen LogP contribution in [0.3, 0.4) is 0 Å². The van der Waals surface area contributed by atoms with Crippen molar-refractivity contribution in [2.45, 2.75) is 6.92 Å². The lowest BCUT2D eigenvalue weighted by Crippen LogP contribution is -1.92. The Labute approximate surface area is 52.3 Å². The van der Waals surface area contributed by atoms with Crippen LogP contribution >= 0.6 is 0 Å². The zero-order valence-corrected chi connectivity index (χ0v) is 4.97. The molecule has 0 fully saturated rings. The second-order valence-corrected chi connectivity index (χ2v) is 1.19. The zero-order valence-electron chi connectivity index (χ0n) is 4.97. The van der Waals surface area contributed by atoms with Gasteiger partial charge in [-0.1, -0.05) is 6.58 Å². The van der Waals surface area contributed by atoms with Crippen LogP contribution in [0.2, 0.25) is 0 Å². The Kier molecular flexibility index (Phi) is 7.72. The first-order chi connectivity index (χ1) is 4.06. The molecule has 0 aliphatic rings. The molecule has 0 saturated heterocycles. The molecule has 0 amide bonds. The SMILES string of the molecule is C=C(C)C(=O)O.N=C=O. The minimum absolute atomic E-state index is 0.176. The number of carboxylic acids is 1. The van der Waals surface area contributed by atoms with E-state index in [1.165, 1.54) is 6.92 Å². The van der Waals surface area contributed by atoms with Gasteiger partial charge >= 0.3 is 5.97 Å². The van der Waals surface area contributed by atoms with E-state index >= 15 is 0 Å². The number of carbonyl (C=O) groups excluding carboxylic acids is 1. The van der Waals surface area contributed by atoms with Crippen LogP contribution in [-0.4, -0.2) is 17.2 Å². The molecule has 0 heterocycles. The highest BCUT2D eigenvalue weighted by Gasteiger charge is 1.90. The monoisotopic (exact) mass is 129 g/mol. The molecule has 50 valence electrons. The standard InChI is InChI=1S/C4H6O2.CHNO/c1-3(2)4(5)6;2-1-3/h1H2,2H3,(H,5,6);2H. The molecule has 0 spiro atoms. The van der Waals surface area contributed by atoms with E-state index in [9.17, 15) is 4.79 Å². The van der Waals surface area contributed by atoms with E-state index in [1.54, 1.807) is 0 Å². The van der Waals surface area contributed by atoms with Gasteiger partial charge in [0.25, 0.3) is 0 Å². The summed E-state index contributed by atoms with van der Waals surface area (Å²) in [7, 11) is 0. The van der Waals surface area contributed by atoms with Gasteiger partial charge < -0.3 is 5.11 Å². The Hall–Kier alpha value is -1.41. The molecule has 9 heavy (non-hydrogen) atoms.